The van der Waals surface area contributed by atoms with Gasteiger partial charge in [-0.3, -0.25) is 0 Å². The molecule has 0 aliphatic rings. The molecule has 0 amide bonds. The van der Waals surface area contributed by atoms with Crippen molar-refractivity contribution >= 4 is 47.0 Å². The van der Waals surface area contributed by atoms with Crippen molar-refractivity contribution in [3.63, 3.8) is 0 Å². The highest BCUT2D eigenvalue weighted by molar-refractivity contribution is 8.27. The highest BCUT2D eigenvalue weighted by Crippen LogP contribution is 2.45. The molecule has 0 saturated carbocycles. The van der Waals surface area contributed by atoms with Crippen LogP contribution in [0, 0.1) is 0 Å². The molecule has 0 atom stereocenters. The first-order valence-electron chi connectivity index (χ1n) is 6.11. The van der Waals surface area contributed by atoms with Crippen molar-refractivity contribution < 1.29 is 0 Å². The van der Waals surface area contributed by atoms with E-state index in [0.29, 0.717) is 0 Å². The zero-order valence-electron chi connectivity index (χ0n) is 11.4. The monoisotopic (exact) mass is 336 g/mol. The fourth-order valence-corrected chi connectivity index (χ4v) is 5.78. The van der Waals surface area contributed by atoms with Gasteiger partial charge in [0.25, 0.3) is 0 Å². The summed E-state index contributed by atoms with van der Waals surface area (Å²) in [4.78, 5) is 2.58. The molecule has 4 heteroatoms. The van der Waals surface area contributed by atoms with Gasteiger partial charge in [-0.2, -0.15) is 0 Å². The van der Waals surface area contributed by atoms with Crippen molar-refractivity contribution in [3.05, 3.63) is 69.1 Å². The Hall–Kier alpha value is -0.420. The smallest absolute Gasteiger partial charge is 0.0651 e. The molecule has 0 N–H and O–H groups in total. The summed E-state index contributed by atoms with van der Waals surface area (Å²) in [7, 11) is 0. The lowest BCUT2D eigenvalue weighted by atomic mass is 10.4. The summed E-state index contributed by atoms with van der Waals surface area (Å²) in [5.74, 6) is 0. The van der Waals surface area contributed by atoms with Gasteiger partial charge in [-0.05, 0) is 36.8 Å². The van der Waals surface area contributed by atoms with Gasteiger partial charge >= 0.3 is 0 Å². The predicted octanol–water partition coefficient (Wildman–Crippen LogP) is 6.42. The van der Waals surface area contributed by atoms with Crippen LogP contribution in [0.2, 0.25) is 0 Å². The molecule has 0 radical (unpaired) electrons. The molecule has 0 bridgehead atoms. The van der Waals surface area contributed by atoms with Gasteiger partial charge in [0.15, 0.2) is 0 Å². The molecular weight excluding hydrogens is 320 g/mol. The van der Waals surface area contributed by atoms with Crippen LogP contribution in [0.3, 0.4) is 0 Å². The van der Waals surface area contributed by atoms with E-state index in [2.05, 4.69) is 73.2 Å². The second-order valence-corrected chi connectivity index (χ2v) is 8.13. The molecule has 0 aliphatic carbocycles. The quantitative estimate of drug-likeness (QED) is 0.558. The largest absolute Gasteiger partial charge is 0.121 e. The minimum absolute atomic E-state index is 1.29. The fourth-order valence-electron chi connectivity index (χ4n) is 1.52. The Bertz CT molecular complexity index is 498. The van der Waals surface area contributed by atoms with Crippen LogP contribution in [-0.2, 0) is 0 Å². The maximum Gasteiger partial charge on any atom is 0.0651 e. The maximum atomic E-state index is 2.16. The van der Waals surface area contributed by atoms with Crippen LogP contribution in [0.4, 0.5) is 0 Å². The van der Waals surface area contributed by atoms with Gasteiger partial charge < -0.3 is 0 Å². The first-order chi connectivity index (χ1) is 9.83. The molecular formula is C16H16S4. The highest BCUT2D eigenvalue weighted by Gasteiger charge is 2.09. The average molecular weight is 337 g/mol. The lowest BCUT2D eigenvalue weighted by Gasteiger charge is -2.11. The molecule has 2 aromatic carbocycles. The van der Waals surface area contributed by atoms with Crippen LogP contribution in [0.5, 0.6) is 0 Å². The Morgan fingerprint density at radius 2 is 0.950 bits per heavy atom. The number of hydrogen-bond acceptors (Lipinski definition) is 4. The Morgan fingerprint density at radius 3 is 1.25 bits per heavy atom. The van der Waals surface area contributed by atoms with Crippen molar-refractivity contribution in [3.8, 4) is 0 Å². The zero-order valence-corrected chi connectivity index (χ0v) is 14.7. The molecule has 0 aliphatic heterocycles. The Kier molecular flexibility index (Phi) is 7.00. The third kappa shape index (κ3) is 4.85. The first kappa shape index (κ1) is 16.0. The van der Waals surface area contributed by atoms with E-state index in [0.717, 1.165) is 0 Å². The molecule has 0 unspecified atom stereocenters. The van der Waals surface area contributed by atoms with Gasteiger partial charge in [-0.15, -0.1) is 23.5 Å². The lowest BCUT2D eigenvalue weighted by molar-refractivity contribution is 1.47. The Balaban J connectivity index is 2.19. The minimum atomic E-state index is 1.29. The first-order valence-corrected chi connectivity index (χ1v) is 10.2. The molecule has 0 fully saturated rings. The molecule has 20 heavy (non-hydrogen) atoms. The summed E-state index contributed by atoms with van der Waals surface area (Å²) in [5.41, 5.74) is 0. The van der Waals surface area contributed by atoms with Gasteiger partial charge in [0, 0.05) is 9.79 Å². The molecule has 2 rings (SSSR count). The standard InChI is InChI=1S/C16H16S4/c1-17-15(19-13-9-5-3-6-10-13)16(18-2)20-14-11-7-4-8-12-14/h3-12H,1-2H3/b16-15+. The third-order valence-electron chi connectivity index (χ3n) is 2.44. The van der Waals surface area contributed by atoms with Crippen molar-refractivity contribution in [2.24, 2.45) is 0 Å². The number of thioether (sulfide) groups is 4. The van der Waals surface area contributed by atoms with E-state index in [-0.39, 0.29) is 0 Å². The van der Waals surface area contributed by atoms with E-state index < -0.39 is 0 Å². The number of benzene rings is 2. The van der Waals surface area contributed by atoms with Crippen LogP contribution in [0.1, 0.15) is 0 Å². The summed E-state index contributed by atoms with van der Waals surface area (Å²) in [5, 5.41) is 0. The molecule has 104 valence electrons. The second kappa shape index (κ2) is 8.78. The van der Waals surface area contributed by atoms with Crippen molar-refractivity contribution in [2.75, 3.05) is 12.5 Å². The van der Waals surface area contributed by atoms with Crippen LogP contribution in [0.15, 0.2) is 78.9 Å². The van der Waals surface area contributed by atoms with E-state index in [1.54, 1.807) is 0 Å². The molecule has 0 nitrogen and oxygen atoms in total. The van der Waals surface area contributed by atoms with Gasteiger partial charge in [-0.25, -0.2) is 0 Å². The normalized spacial score (nSPS) is 12.1. The fraction of sp³-hybridized carbons (Fsp3) is 0.125. The van der Waals surface area contributed by atoms with Gasteiger partial charge in [0.2, 0.25) is 0 Å². The van der Waals surface area contributed by atoms with Crippen molar-refractivity contribution in [2.45, 2.75) is 9.79 Å². The predicted molar refractivity (Wildman–Crippen MR) is 98.7 cm³/mol. The molecule has 0 spiro atoms. The molecule has 0 heterocycles. The highest BCUT2D eigenvalue weighted by atomic mass is 32.2. The molecule has 2 aromatic rings. The summed E-state index contributed by atoms with van der Waals surface area (Å²) >= 11 is 7.32. The maximum absolute atomic E-state index is 2.16. The Morgan fingerprint density at radius 1 is 0.600 bits per heavy atom. The van der Waals surface area contributed by atoms with Crippen LogP contribution < -0.4 is 0 Å². The Labute approximate surface area is 138 Å². The van der Waals surface area contributed by atoms with Gasteiger partial charge in [0.05, 0.1) is 8.47 Å². The third-order valence-corrected chi connectivity index (χ3v) is 7.41. The summed E-state index contributed by atoms with van der Waals surface area (Å²) in [6.45, 7) is 0. The van der Waals surface area contributed by atoms with Crippen LogP contribution in [-0.4, -0.2) is 12.5 Å². The summed E-state index contributed by atoms with van der Waals surface area (Å²) < 4.78 is 2.72. The van der Waals surface area contributed by atoms with E-state index >= 15 is 0 Å². The SMILES string of the molecule is CS/C(Sc1ccccc1)=C(/SC)Sc1ccccc1. The summed E-state index contributed by atoms with van der Waals surface area (Å²) in [6.07, 6.45) is 4.29. The number of hydrogen-bond donors (Lipinski definition) is 0. The van der Waals surface area contributed by atoms with Gasteiger partial charge in [-0.1, -0.05) is 59.9 Å². The molecule has 0 aromatic heterocycles. The van der Waals surface area contributed by atoms with E-state index in [1.807, 2.05) is 47.0 Å². The number of rotatable bonds is 6. The van der Waals surface area contributed by atoms with E-state index in [4.69, 9.17) is 0 Å². The topological polar surface area (TPSA) is 0 Å². The second-order valence-electron chi connectivity index (χ2n) is 3.81. The average Bonchev–Trinajstić information content (AvgIpc) is 2.52. The molecule has 0 saturated heterocycles. The van der Waals surface area contributed by atoms with Crippen LogP contribution in [0.25, 0.3) is 0 Å². The van der Waals surface area contributed by atoms with Crippen LogP contribution >= 0.6 is 47.0 Å². The van der Waals surface area contributed by atoms with Gasteiger partial charge in [0.1, 0.15) is 0 Å². The van der Waals surface area contributed by atoms with E-state index in [9.17, 15) is 0 Å². The lowest BCUT2D eigenvalue weighted by Crippen LogP contribution is -1.79. The van der Waals surface area contributed by atoms with E-state index in [1.165, 1.54) is 18.3 Å². The zero-order chi connectivity index (χ0) is 14.2. The summed E-state index contributed by atoms with van der Waals surface area (Å²) in [6, 6.07) is 21.1. The minimum Gasteiger partial charge on any atom is -0.121 e. The van der Waals surface area contributed by atoms with Crippen molar-refractivity contribution in [1.29, 1.82) is 0 Å². The van der Waals surface area contributed by atoms with Crippen molar-refractivity contribution in [1.82, 2.24) is 0 Å².